The smallest absolute Gasteiger partial charge is 0.285 e. The summed E-state index contributed by atoms with van der Waals surface area (Å²) in [6, 6.07) is 2.17. The fourth-order valence-electron chi connectivity index (χ4n) is 2.63. The summed E-state index contributed by atoms with van der Waals surface area (Å²) in [7, 11) is 0. The zero-order chi connectivity index (χ0) is 16.1. The van der Waals surface area contributed by atoms with Gasteiger partial charge in [-0.15, -0.1) is 0 Å². The van der Waals surface area contributed by atoms with Gasteiger partial charge in [-0.3, -0.25) is 24.3 Å². The molecule has 2 N–H and O–H groups in total. The van der Waals surface area contributed by atoms with Crippen LogP contribution in [0.1, 0.15) is 25.7 Å². The van der Waals surface area contributed by atoms with Gasteiger partial charge in [0, 0.05) is 24.6 Å². The van der Waals surface area contributed by atoms with Crippen molar-refractivity contribution in [3.8, 4) is 0 Å². The molecular weight excluding hydrogens is 290 g/mol. The van der Waals surface area contributed by atoms with Gasteiger partial charge in [-0.1, -0.05) is 12.8 Å². The van der Waals surface area contributed by atoms with Crippen molar-refractivity contribution in [2.75, 3.05) is 6.54 Å². The van der Waals surface area contributed by atoms with Crippen molar-refractivity contribution in [1.82, 2.24) is 9.88 Å². The summed E-state index contributed by atoms with van der Waals surface area (Å²) in [5.74, 6) is -0.375. The van der Waals surface area contributed by atoms with Gasteiger partial charge in [-0.25, -0.2) is 0 Å². The number of amides is 1. The van der Waals surface area contributed by atoms with Crippen LogP contribution in [-0.4, -0.2) is 33.2 Å². The summed E-state index contributed by atoms with van der Waals surface area (Å²) in [6.45, 7) is 0.0764. The van der Waals surface area contributed by atoms with Crippen molar-refractivity contribution in [2.45, 2.75) is 38.3 Å². The molecule has 120 valence electrons. The van der Waals surface area contributed by atoms with E-state index in [-0.39, 0.29) is 18.2 Å². The van der Waals surface area contributed by atoms with Crippen molar-refractivity contribution in [3.63, 3.8) is 0 Å². The number of hydrogen-bond donors (Lipinski definition) is 2. The van der Waals surface area contributed by atoms with Crippen LogP contribution in [-0.2, 0) is 11.3 Å². The molecule has 1 aliphatic rings. The van der Waals surface area contributed by atoms with Crippen LogP contribution in [0.3, 0.4) is 0 Å². The lowest BCUT2D eigenvalue weighted by atomic mass is 9.86. The van der Waals surface area contributed by atoms with Crippen LogP contribution in [0.15, 0.2) is 23.1 Å². The van der Waals surface area contributed by atoms with E-state index in [1.165, 1.54) is 0 Å². The van der Waals surface area contributed by atoms with E-state index in [1.54, 1.807) is 0 Å². The molecule has 0 aliphatic heterocycles. The number of nitro groups is 1. The van der Waals surface area contributed by atoms with E-state index in [4.69, 9.17) is 0 Å². The normalized spacial score (nSPS) is 21.3. The topological polar surface area (TPSA) is 114 Å². The Morgan fingerprint density at radius 3 is 2.82 bits per heavy atom. The Labute approximate surface area is 126 Å². The number of nitrogens with zero attached hydrogens (tertiary/aromatic N) is 2. The van der Waals surface area contributed by atoms with E-state index in [0.717, 1.165) is 48.6 Å². The molecule has 1 saturated carbocycles. The van der Waals surface area contributed by atoms with E-state index in [1.807, 2.05) is 0 Å². The van der Waals surface area contributed by atoms with Crippen molar-refractivity contribution >= 4 is 11.6 Å². The first-order valence-corrected chi connectivity index (χ1v) is 7.27. The molecule has 0 saturated heterocycles. The molecule has 2 rings (SSSR count). The molecule has 8 heteroatoms. The highest BCUT2D eigenvalue weighted by molar-refractivity contribution is 5.75. The summed E-state index contributed by atoms with van der Waals surface area (Å²) in [6.07, 6.45) is 4.27. The Morgan fingerprint density at radius 2 is 2.14 bits per heavy atom. The van der Waals surface area contributed by atoms with Crippen LogP contribution < -0.4 is 10.9 Å². The number of rotatable bonds is 5. The Bertz CT molecular complexity index is 613. The Balaban J connectivity index is 1.93. The fourth-order valence-corrected chi connectivity index (χ4v) is 2.63. The summed E-state index contributed by atoms with van der Waals surface area (Å²) in [5, 5.41) is 23.2. The molecule has 0 spiro atoms. The molecule has 0 bridgehead atoms. The molecule has 0 aromatic carbocycles. The number of aliphatic hydroxyl groups excluding tert-OH is 1. The minimum Gasteiger partial charge on any atom is -0.393 e. The van der Waals surface area contributed by atoms with Crippen molar-refractivity contribution in [3.05, 3.63) is 38.8 Å². The van der Waals surface area contributed by atoms with Gasteiger partial charge >= 0.3 is 0 Å². The highest BCUT2D eigenvalue weighted by Crippen LogP contribution is 2.23. The maximum absolute atomic E-state index is 11.9. The molecule has 22 heavy (non-hydrogen) atoms. The second-order valence-electron chi connectivity index (χ2n) is 5.53. The predicted octanol–water partition coefficient (Wildman–Crippen LogP) is 0.424. The minimum absolute atomic E-state index is 0.0273. The predicted molar refractivity (Wildman–Crippen MR) is 78.3 cm³/mol. The van der Waals surface area contributed by atoms with Crippen molar-refractivity contribution in [2.24, 2.45) is 5.92 Å². The second kappa shape index (κ2) is 7.17. The monoisotopic (exact) mass is 309 g/mol. The summed E-state index contributed by atoms with van der Waals surface area (Å²) >= 11 is 0. The Morgan fingerprint density at radius 1 is 1.41 bits per heavy atom. The minimum atomic E-state index is -0.619. The molecule has 2 unspecified atom stereocenters. The van der Waals surface area contributed by atoms with E-state index in [0.29, 0.717) is 6.54 Å². The summed E-state index contributed by atoms with van der Waals surface area (Å²) < 4.78 is 1.00. The van der Waals surface area contributed by atoms with E-state index < -0.39 is 22.5 Å². The Hall–Kier alpha value is -2.22. The average molecular weight is 309 g/mol. The van der Waals surface area contributed by atoms with Crippen LogP contribution in [0.2, 0.25) is 0 Å². The number of carbonyl (C=O) groups excluding carboxylic acids is 1. The van der Waals surface area contributed by atoms with Crippen LogP contribution in [0, 0.1) is 16.0 Å². The molecule has 1 aromatic rings. The van der Waals surface area contributed by atoms with Crippen LogP contribution >= 0.6 is 0 Å². The number of nitrogens with one attached hydrogen (secondary N) is 1. The van der Waals surface area contributed by atoms with Gasteiger partial charge < -0.3 is 10.4 Å². The van der Waals surface area contributed by atoms with Gasteiger partial charge in [-0.2, -0.15) is 0 Å². The first kappa shape index (κ1) is 16.2. The lowest BCUT2D eigenvalue weighted by Gasteiger charge is -2.27. The highest BCUT2D eigenvalue weighted by atomic mass is 16.6. The molecule has 1 aliphatic carbocycles. The maximum Gasteiger partial charge on any atom is 0.285 e. The third-order valence-corrected chi connectivity index (χ3v) is 3.92. The van der Waals surface area contributed by atoms with E-state index in [2.05, 4.69) is 5.32 Å². The molecule has 8 nitrogen and oxygen atoms in total. The number of aromatic nitrogens is 1. The van der Waals surface area contributed by atoms with Gasteiger partial charge in [0.2, 0.25) is 5.91 Å². The largest absolute Gasteiger partial charge is 0.393 e. The molecule has 1 amide bonds. The zero-order valence-electron chi connectivity index (χ0n) is 12.1. The van der Waals surface area contributed by atoms with Crippen molar-refractivity contribution < 1.29 is 14.8 Å². The van der Waals surface area contributed by atoms with Gasteiger partial charge in [-0.05, 0) is 12.8 Å². The number of pyridine rings is 1. The van der Waals surface area contributed by atoms with E-state index >= 15 is 0 Å². The summed E-state index contributed by atoms with van der Waals surface area (Å²) in [5.41, 5.74) is -0.714. The van der Waals surface area contributed by atoms with Crippen molar-refractivity contribution in [1.29, 1.82) is 0 Å². The Kier molecular flexibility index (Phi) is 5.26. The maximum atomic E-state index is 11.9. The molecule has 1 aromatic heterocycles. The van der Waals surface area contributed by atoms with Gasteiger partial charge in [0.25, 0.3) is 11.2 Å². The number of aliphatic hydroxyl groups is 1. The van der Waals surface area contributed by atoms with Crippen LogP contribution in [0.5, 0.6) is 0 Å². The number of carbonyl (C=O) groups is 1. The van der Waals surface area contributed by atoms with Gasteiger partial charge in [0.1, 0.15) is 6.54 Å². The molecule has 1 fully saturated rings. The lowest BCUT2D eigenvalue weighted by molar-refractivity contribution is -0.385. The SMILES string of the molecule is O=C(Cn1cc([N+](=O)[O-])ccc1=O)NCC1CCCCC1O. The van der Waals surface area contributed by atoms with E-state index in [9.17, 15) is 24.8 Å². The highest BCUT2D eigenvalue weighted by Gasteiger charge is 2.23. The quantitative estimate of drug-likeness (QED) is 0.604. The van der Waals surface area contributed by atoms with Gasteiger partial charge in [0.15, 0.2) is 0 Å². The van der Waals surface area contributed by atoms with Gasteiger partial charge in [0.05, 0.1) is 17.2 Å². The fraction of sp³-hybridized carbons (Fsp3) is 0.571. The third kappa shape index (κ3) is 4.14. The molecule has 0 radical (unpaired) electrons. The first-order chi connectivity index (χ1) is 10.5. The average Bonchev–Trinajstić information content (AvgIpc) is 2.48. The zero-order valence-corrected chi connectivity index (χ0v) is 12.1. The molecule has 1 heterocycles. The first-order valence-electron chi connectivity index (χ1n) is 7.27. The standard InChI is InChI=1S/C14H19N3O5/c18-12-4-2-1-3-10(12)7-15-13(19)9-16-8-11(17(21)22)5-6-14(16)20/h5-6,8,10,12,18H,1-4,7,9H2,(H,15,19). The van der Waals surface area contributed by atoms with Crippen LogP contribution in [0.25, 0.3) is 0 Å². The van der Waals surface area contributed by atoms with Crippen LogP contribution in [0.4, 0.5) is 5.69 Å². The molecular formula is C14H19N3O5. The summed E-state index contributed by atoms with van der Waals surface area (Å²) in [4.78, 5) is 33.5. The lowest BCUT2D eigenvalue weighted by Crippen LogP contribution is -2.39. The number of hydrogen-bond acceptors (Lipinski definition) is 5. The molecule has 2 atom stereocenters. The third-order valence-electron chi connectivity index (χ3n) is 3.92. The second-order valence-corrected chi connectivity index (χ2v) is 5.53.